The molecule has 0 aromatic heterocycles. The number of carbonyl (C=O) groups excluding carboxylic acids is 1. The Morgan fingerprint density at radius 3 is 2.08 bits per heavy atom. The van der Waals surface area contributed by atoms with Crippen molar-refractivity contribution in [2.75, 3.05) is 0 Å². The van der Waals surface area contributed by atoms with Crippen molar-refractivity contribution >= 4 is 5.78 Å². The summed E-state index contributed by atoms with van der Waals surface area (Å²) < 4.78 is 35.8. The molecule has 0 heterocycles. The summed E-state index contributed by atoms with van der Waals surface area (Å²) in [5, 5.41) is 0. The van der Waals surface area contributed by atoms with Gasteiger partial charge in [-0.3, -0.25) is 4.79 Å². The van der Waals surface area contributed by atoms with Crippen LogP contribution in [0.2, 0.25) is 0 Å². The van der Waals surface area contributed by atoms with Crippen molar-refractivity contribution < 1.29 is 18.0 Å². The lowest BCUT2D eigenvalue weighted by atomic mass is 10.1. The lowest BCUT2D eigenvalue weighted by Gasteiger charge is -2.05. The summed E-state index contributed by atoms with van der Waals surface area (Å²) in [5.41, 5.74) is -1.15. The number of hydrogen-bond acceptors (Lipinski definition) is 1. The molecule has 0 bridgehead atoms. The predicted molar refractivity (Wildman–Crippen MR) is 44.2 cm³/mol. The highest BCUT2D eigenvalue weighted by Crippen LogP contribution is 2.25. The van der Waals surface area contributed by atoms with Gasteiger partial charge in [0, 0.05) is 11.1 Å². The molecule has 0 spiro atoms. The molecule has 13 heavy (non-hydrogen) atoms. The molecule has 0 fully saturated rings. The van der Waals surface area contributed by atoms with Crippen molar-refractivity contribution in [3.05, 3.63) is 36.5 Å². The van der Waals surface area contributed by atoms with Gasteiger partial charge in [-0.1, -0.05) is 19.2 Å². The van der Waals surface area contributed by atoms with E-state index >= 15 is 0 Å². The van der Waals surface area contributed by atoms with Crippen molar-refractivity contribution in [1.82, 2.24) is 0 Å². The maximum Gasteiger partial charge on any atom is 0.415 e. The third-order valence-electron chi connectivity index (χ3n) is 1.32. The van der Waals surface area contributed by atoms with Gasteiger partial charge in [-0.15, -0.1) is 0 Å². The number of carbonyl (C=O) groups is 1. The van der Waals surface area contributed by atoms with Gasteiger partial charge in [0.05, 0.1) is 0 Å². The summed E-state index contributed by atoms with van der Waals surface area (Å²) in [6.07, 6.45) is -2.75. The molecule has 4 heteroatoms. The van der Waals surface area contributed by atoms with Gasteiger partial charge in [0.25, 0.3) is 0 Å². The van der Waals surface area contributed by atoms with Crippen LogP contribution in [0.5, 0.6) is 0 Å². The second-order valence-electron chi connectivity index (χ2n) is 2.38. The van der Waals surface area contributed by atoms with E-state index in [0.29, 0.717) is 6.08 Å². The molecule has 0 saturated heterocycles. The van der Waals surface area contributed by atoms with Gasteiger partial charge in [-0.2, -0.15) is 13.2 Å². The maximum absolute atomic E-state index is 11.9. The first-order chi connectivity index (χ1) is 5.79. The van der Waals surface area contributed by atoms with Crippen molar-refractivity contribution in [2.45, 2.75) is 13.1 Å². The standard InChI is InChI=1S/C9H9F3O/c1-4-8(7(3)13)5-6(2)9(10,11)12/h4-5H,1-2H2,3H3/b8-5+. The maximum atomic E-state index is 11.9. The number of ketones is 1. The Balaban J connectivity index is 4.83. The van der Waals surface area contributed by atoms with E-state index in [1.54, 1.807) is 0 Å². The molecule has 0 aliphatic heterocycles. The molecule has 0 N–H and O–H groups in total. The third-order valence-corrected chi connectivity index (χ3v) is 1.32. The molecular formula is C9H9F3O. The van der Waals surface area contributed by atoms with Gasteiger partial charge >= 0.3 is 6.18 Å². The Hall–Kier alpha value is -1.32. The van der Waals surface area contributed by atoms with Crippen LogP contribution in [0, 0.1) is 0 Å². The van der Waals surface area contributed by atoms with Crippen molar-refractivity contribution in [1.29, 1.82) is 0 Å². The molecule has 0 aliphatic carbocycles. The minimum atomic E-state index is -4.50. The highest BCUT2D eigenvalue weighted by molar-refractivity contribution is 5.96. The molecule has 0 atom stereocenters. The highest BCUT2D eigenvalue weighted by atomic mass is 19.4. The minimum Gasteiger partial charge on any atom is -0.295 e. The molecule has 0 radical (unpaired) electrons. The van der Waals surface area contributed by atoms with Crippen LogP contribution in [0.3, 0.4) is 0 Å². The van der Waals surface area contributed by atoms with Crippen molar-refractivity contribution in [3.63, 3.8) is 0 Å². The van der Waals surface area contributed by atoms with Crippen LogP contribution in [0.1, 0.15) is 6.92 Å². The number of halogens is 3. The summed E-state index contributed by atoms with van der Waals surface area (Å²) in [6.45, 7) is 7.18. The van der Waals surface area contributed by atoms with E-state index in [1.807, 2.05) is 0 Å². The fourth-order valence-electron chi connectivity index (χ4n) is 0.574. The summed E-state index contributed by atoms with van der Waals surface area (Å²) in [5.74, 6) is -0.472. The molecule has 0 rings (SSSR count). The zero-order valence-corrected chi connectivity index (χ0v) is 7.11. The first kappa shape index (κ1) is 11.7. The van der Waals surface area contributed by atoms with Gasteiger partial charge in [0.15, 0.2) is 5.78 Å². The number of rotatable bonds is 3. The second kappa shape index (κ2) is 4.07. The summed E-state index contributed by atoms with van der Waals surface area (Å²) in [7, 11) is 0. The molecule has 1 nitrogen and oxygen atoms in total. The van der Waals surface area contributed by atoms with Crippen LogP contribution >= 0.6 is 0 Å². The van der Waals surface area contributed by atoms with Gasteiger partial charge in [0.2, 0.25) is 0 Å². The monoisotopic (exact) mass is 190 g/mol. The van der Waals surface area contributed by atoms with E-state index in [2.05, 4.69) is 13.2 Å². The number of alkyl halides is 3. The topological polar surface area (TPSA) is 17.1 Å². The minimum absolute atomic E-state index is 0.0951. The average molecular weight is 190 g/mol. The van der Waals surface area contributed by atoms with Crippen LogP contribution in [-0.4, -0.2) is 12.0 Å². The Morgan fingerprint density at radius 2 is 1.85 bits per heavy atom. The number of hydrogen-bond donors (Lipinski definition) is 0. The normalized spacial score (nSPS) is 12.5. The SMILES string of the molecule is C=C/C(=C\C(=C)C(F)(F)F)C(C)=O. The largest absolute Gasteiger partial charge is 0.415 e. The lowest BCUT2D eigenvalue weighted by Crippen LogP contribution is -2.09. The van der Waals surface area contributed by atoms with Gasteiger partial charge in [-0.05, 0) is 13.0 Å². The smallest absolute Gasteiger partial charge is 0.295 e. The Kier molecular flexibility index (Phi) is 3.66. The van der Waals surface area contributed by atoms with Gasteiger partial charge in [0.1, 0.15) is 0 Å². The van der Waals surface area contributed by atoms with E-state index in [4.69, 9.17) is 0 Å². The summed E-state index contributed by atoms with van der Waals surface area (Å²) in [6, 6.07) is 0. The van der Waals surface area contributed by atoms with Gasteiger partial charge < -0.3 is 0 Å². The molecule has 0 unspecified atom stereocenters. The van der Waals surface area contributed by atoms with Crippen LogP contribution in [0.15, 0.2) is 36.5 Å². The van der Waals surface area contributed by atoms with E-state index < -0.39 is 17.5 Å². The van der Waals surface area contributed by atoms with E-state index in [1.165, 1.54) is 0 Å². The second-order valence-corrected chi connectivity index (χ2v) is 2.38. The Bertz CT molecular complexity index is 271. The third kappa shape index (κ3) is 3.73. The zero-order chi connectivity index (χ0) is 10.6. The van der Waals surface area contributed by atoms with Crippen molar-refractivity contribution in [3.8, 4) is 0 Å². The first-order valence-corrected chi connectivity index (χ1v) is 3.40. The van der Waals surface area contributed by atoms with Gasteiger partial charge in [-0.25, -0.2) is 0 Å². The molecule has 0 aliphatic rings. The molecule has 72 valence electrons. The fourth-order valence-corrected chi connectivity index (χ4v) is 0.574. The van der Waals surface area contributed by atoms with Crippen LogP contribution in [0.25, 0.3) is 0 Å². The van der Waals surface area contributed by atoms with E-state index in [0.717, 1.165) is 13.0 Å². The van der Waals surface area contributed by atoms with Crippen molar-refractivity contribution in [2.24, 2.45) is 0 Å². The molecule has 0 saturated carbocycles. The summed E-state index contributed by atoms with van der Waals surface area (Å²) >= 11 is 0. The highest BCUT2D eigenvalue weighted by Gasteiger charge is 2.30. The Morgan fingerprint density at radius 1 is 1.38 bits per heavy atom. The first-order valence-electron chi connectivity index (χ1n) is 3.40. The molecule has 0 amide bonds. The molecule has 0 aromatic carbocycles. The fraction of sp³-hybridized carbons (Fsp3) is 0.222. The predicted octanol–water partition coefficient (Wildman–Crippen LogP) is 2.81. The zero-order valence-electron chi connectivity index (χ0n) is 7.11. The van der Waals surface area contributed by atoms with E-state index in [-0.39, 0.29) is 5.57 Å². The number of allylic oxidation sites excluding steroid dienone is 4. The molecular weight excluding hydrogens is 181 g/mol. The number of Topliss-reactive ketones (excluding diaryl/α,β-unsaturated/α-hetero) is 1. The molecule has 0 aromatic rings. The van der Waals surface area contributed by atoms with Crippen LogP contribution in [-0.2, 0) is 4.79 Å². The average Bonchev–Trinajstić information content (AvgIpc) is 1.96. The Labute approximate surface area is 74.2 Å². The summed E-state index contributed by atoms with van der Waals surface area (Å²) in [4.78, 5) is 10.7. The quantitative estimate of drug-likeness (QED) is 0.494. The lowest BCUT2D eigenvalue weighted by molar-refractivity contribution is -0.113. The van der Waals surface area contributed by atoms with Crippen LogP contribution < -0.4 is 0 Å². The van der Waals surface area contributed by atoms with E-state index in [9.17, 15) is 18.0 Å². The van der Waals surface area contributed by atoms with Crippen LogP contribution in [0.4, 0.5) is 13.2 Å².